The molecule has 0 aliphatic carbocycles. The third-order valence-electron chi connectivity index (χ3n) is 3.60. The first-order chi connectivity index (χ1) is 8.97. The molecule has 0 bridgehead atoms. The molecule has 1 fully saturated rings. The van der Waals surface area contributed by atoms with Crippen molar-refractivity contribution in [2.24, 2.45) is 5.92 Å². The summed E-state index contributed by atoms with van der Waals surface area (Å²) in [6.07, 6.45) is 3.45. The Morgan fingerprint density at radius 3 is 2.89 bits per heavy atom. The fraction of sp³-hybridized carbons (Fsp3) is 0.538. The zero-order chi connectivity index (χ0) is 14.0. The topological polar surface area (TPSA) is 53.4 Å². The number of aromatic nitrogens is 1. The van der Waals surface area contributed by atoms with E-state index in [-0.39, 0.29) is 5.92 Å². The monoisotopic (exact) mass is 390 g/mol. The van der Waals surface area contributed by atoms with Crippen molar-refractivity contribution < 1.29 is 9.90 Å². The maximum atomic E-state index is 11.1. The lowest BCUT2D eigenvalue weighted by Crippen LogP contribution is -2.43. The Labute approximate surface area is 129 Å². The molecule has 1 aromatic rings. The van der Waals surface area contributed by atoms with Crippen molar-refractivity contribution in [3.63, 3.8) is 0 Å². The van der Waals surface area contributed by atoms with Gasteiger partial charge in [0.25, 0.3) is 0 Å². The number of hydrogen-bond acceptors (Lipinski definition) is 3. The fourth-order valence-electron chi connectivity index (χ4n) is 2.35. The van der Waals surface area contributed by atoms with Crippen LogP contribution in [0, 0.1) is 5.92 Å². The molecule has 0 amide bonds. The summed E-state index contributed by atoms with van der Waals surface area (Å²) in [5.41, 5.74) is 0.945. The van der Waals surface area contributed by atoms with Crippen LogP contribution in [0.3, 0.4) is 0 Å². The molecule has 1 saturated heterocycles. The first kappa shape index (κ1) is 14.9. The third kappa shape index (κ3) is 3.77. The molecule has 2 heterocycles. The molecule has 0 aromatic carbocycles. The molecule has 6 heteroatoms. The summed E-state index contributed by atoms with van der Waals surface area (Å²) in [6.45, 7) is 3.42. The zero-order valence-corrected chi connectivity index (χ0v) is 13.8. The van der Waals surface area contributed by atoms with Crippen LogP contribution in [0.15, 0.2) is 21.2 Å². The molecule has 4 nitrogen and oxygen atoms in total. The molecule has 2 unspecified atom stereocenters. The maximum absolute atomic E-state index is 11.1. The maximum Gasteiger partial charge on any atom is 0.307 e. The Balaban J connectivity index is 2.09. The van der Waals surface area contributed by atoms with Crippen LogP contribution < -0.4 is 0 Å². The van der Waals surface area contributed by atoms with Crippen LogP contribution in [0.1, 0.15) is 25.5 Å². The third-order valence-corrected chi connectivity index (χ3v) is 4.72. The number of pyridine rings is 1. The lowest BCUT2D eigenvalue weighted by Gasteiger charge is -2.36. The molecule has 1 aliphatic heterocycles. The van der Waals surface area contributed by atoms with E-state index in [0.29, 0.717) is 19.1 Å². The summed E-state index contributed by atoms with van der Waals surface area (Å²) < 4.78 is 1.88. The van der Waals surface area contributed by atoms with Gasteiger partial charge < -0.3 is 5.11 Å². The van der Waals surface area contributed by atoms with Gasteiger partial charge in [-0.2, -0.15) is 0 Å². The van der Waals surface area contributed by atoms with Gasteiger partial charge in [-0.25, -0.2) is 0 Å². The normalized spacial score (nSPS) is 24.4. The number of carboxylic acids is 1. The van der Waals surface area contributed by atoms with Crippen LogP contribution in [0.5, 0.6) is 0 Å². The van der Waals surface area contributed by atoms with Gasteiger partial charge in [-0.15, -0.1) is 0 Å². The number of aliphatic carboxylic acids is 1. The minimum Gasteiger partial charge on any atom is -0.481 e. The Kier molecular flexibility index (Phi) is 4.97. The first-order valence-corrected chi connectivity index (χ1v) is 7.82. The smallest absolute Gasteiger partial charge is 0.307 e. The van der Waals surface area contributed by atoms with Gasteiger partial charge in [0.1, 0.15) is 0 Å². The first-order valence-electron chi connectivity index (χ1n) is 6.24. The van der Waals surface area contributed by atoms with E-state index in [1.807, 2.05) is 6.07 Å². The Bertz CT molecular complexity index is 482. The van der Waals surface area contributed by atoms with E-state index in [1.54, 1.807) is 6.20 Å². The van der Waals surface area contributed by atoms with Gasteiger partial charge in [0.2, 0.25) is 0 Å². The number of hydrogen-bond donors (Lipinski definition) is 1. The second kappa shape index (κ2) is 6.33. The highest BCUT2D eigenvalue weighted by Crippen LogP contribution is 2.26. The van der Waals surface area contributed by atoms with Gasteiger partial charge in [-0.3, -0.25) is 14.7 Å². The van der Waals surface area contributed by atoms with E-state index in [0.717, 1.165) is 27.5 Å². The summed E-state index contributed by atoms with van der Waals surface area (Å²) in [7, 11) is 0. The largest absolute Gasteiger partial charge is 0.481 e. The minimum atomic E-state index is -0.695. The van der Waals surface area contributed by atoms with E-state index in [4.69, 9.17) is 5.11 Å². The number of carbonyl (C=O) groups is 1. The zero-order valence-electron chi connectivity index (χ0n) is 10.6. The van der Waals surface area contributed by atoms with Crippen molar-refractivity contribution in [3.05, 3.63) is 26.9 Å². The second-order valence-electron chi connectivity index (χ2n) is 4.97. The van der Waals surface area contributed by atoms with E-state index < -0.39 is 5.97 Å². The number of carboxylic acid groups (broad SMARTS) is 1. The molecule has 0 radical (unpaired) electrons. The van der Waals surface area contributed by atoms with E-state index in [1.165, 1.54) is 0 Å². The molecular formula is C13H16Br2N2O2. The molecule has 2 atom stereocenters. The molecule has 0 saturated carbocycles. The Hall–Kier alpha value is -0.460. The average molecular weight is 392 g/mol. The van der Waals surface area contributed by atoms with Crippen molar-refractivity contribution in [1.29, 1.82) is 0 Å². The van der Waals surface area contributed by atoms with Crippen molar-refractivity contribution in [2.75, 3.05) is 6.54 Å². The Morgan fingerprint density at radius 2 is 2.26 bits per heavy atom. The minimum absolute atomic E-state index is 0.259. The molecule has 1 aromatic heterocycles. The summed E-state index contributed by atoms with van der Waals surface area (Å²) in [5, 5.41) is 9.14. The number of nitrogens with zero attached hydrogens (tertiary/aromatic N) is 2. The van der Waals surface area contributed by atoms with Crippen LogP contribution in [0.25, 0.3) is 0 Å². The Morgan fingerprint density at radius 1 is 1.53 bits per heavy atom. The predicted molar refractivity (Wildman–Crippen MR) is 79.9 cm³/mol. The van der Waals surface area contributed by atoms with Gasteiger partial charge in [0.15, 0.2) is 0 Å². The van der Waals surface area contributed by atoms with Crippen LogP contribution in [0.2, 0.25) is 0 Å². The summed E-state index contributed by atoms with van der Waals surface area (Å²) in [5.74, 6) is -0.954. The quantitative estimate of drug-likeness (QED) is 0.858. The summed E-state index contributed by atoms with van der Waals surface area (Å²) in [4.78, 5) is 17.7. The fourth-order valence-corrected chi connectivity index (χ4v) is 3.47. The predicted octanol–water partition coefficient (Wildman–Crippen LogP) is 3.29. The highest BCUT2D eigenvalue weighted by molar-refractivity contribution is 9.11. The molecular weight excluding hydrogens is 376 g/mol. The van der Waals surface area contributed by atoms with Crippen molar-refractivity contribution >= 4 is 37.8 Å². The van der Waals surface area contributed by atoms with Crippen LogP contribution in [-0.4, -0.2) is 33.5 Å². The van der Waals surface area contributed by atoms with Gasteiger partial charge >= 0.3 is 5.97 Å². The molecule has 0 spiro atoms. The van der Waals surface area contributed by atoms with E-state index in [9.17, 15) is 4.79 Å². The molecule has 19 heavy (non-hydrogen) atoms. The van der Waals surface area contributed by atoms with E-state index >= 15 is 0 Å². The highest BCUT2D eigenvalue weighted by atomic mass is 79.9. The van der Waals surface area contributed by atoms with Gasteiger partial charge in [-0.1, -0.05) is 0 Å². The van der Waals surface area contributed by atoms with Crippen LogP contribution >= 0.6 is 31.9 Å². The number of piperidine rings is 1. The molecule has 104 valence electrons. The van der Waals surface area contributed by atoms with Crippen molar-refractivity contribution in [2.45, 2.75) is 32.4 Å². The molecule has 1 N–H and O–H groups in total. The standard InChI is InChI=1S/C13H16Br2N2O2/c1-8-2-3-9(13(18)19)6-17(8)7-12-11(15)4-10(14)5-16-12/h4-5,8-9H,2-3,6-7H2,1H3,(H,18,19). The highest BCUT2D eigenvalue weighted by Gasteiger charge is 2.30. The molecule has 2 rings (SSSR count). The lowest BCUT2D eigenvalue weighted by molar-refractivity contribution is -0.144. The van der Waals surface area contributed by atoms with Crippen molar-refractivity contribution in [1.82, 2.24) is 9.88 Å². The second-order valence-corrected chi connectivity index (χ2v) is 6.74. The number of likely N-dealkylation sites (tertiary alicyclic amines) is 1. The average Bonchev–Trinajstić information content (AvgIpc) is 2.34. The van der Waals surface area contributed by atoms with Crippen LogP contribution in [0.4, 0.5) is 0 Å². The summed E-state index contributed by atoms with van der Waals surface area (Å²) in [6, 6.07) is 2.36. The van der Waals surface area contributed by atoms with E-state index in [2.05, 4.69) is 48.7 Å². The van der Waals surface area contributed by atoms with Crippen LogP contribution in [-0.2, 0) is 11.3 Å². The van der Waals surface area contributed by atoms with Gasteiger partial charge in [0.05, 0.1) is 11.6 Å². The molecule has 1 aliphatic rings. The SMILES string of the molecule is CC1CCC(C(=O)O)CN1Cc1ncc(Br)cc1Br. The van der Waals surface area contributed by atoms with Gasteiger partial charge in [-0.05, 0) is 57.7 Å². The summed E-state index contributed by atoms with van der Waals surface area (Å²) >= 11 is 6.88. The van der Waals surface area contributed by atoms with Crippen molar-refractivity contribution in [3.8, 4) is 0 Å². The lowest BCUT2D eigenvalue weighted by atomic mass is 9.93. The number of halogens is 2. The number of rotatable bonds is 3. The van der Waals surface area contributed by atoms with Gasteiger partial charge in [0, 0.05) is 34.3 Å².